The number of nitrogens with zero attached hydrogens (tertiary/aromatic N) is 2. The third kappa shape index (κ3) is 3.79. The number of carbonyl (C=O) groups is 1. The fourth-order valence-electron chi connectivity index (χ4n) is 3.53. The van der Waals surface area contributed by atoms with E-state index < -0.39 is 0 Å². The zero-order valence-electron chi connectivity index (χ0n) is 13.1. The van der Waals surface area contributed by atoms with Gasteiger partial charge in [-0.2, -0.15) is 0 Å². The average molecular weight is 266 g/mol. The molecule has 2 aliphatic rings. The van der Waals surface area contributed by atoms with Gasteiger partial charge in [-0.3, -0.25) is 9.69 Å². The van der Waals surface area contributed by atoms with Crippen LogP contribution in [-0.2, 0) is 4.79 Å². The van der Waals surface area contributed by atoms with E-state index in [0.717, 1.165) is 57.3 Å². The minimum atomic E-state index is 0.303. The molecule has 0 N–H and O–H groups in total. The zero-order chi connectivity index (χ0) is 14.0. The highest BCUT2D eigenvalue weighted by Crippen LogP contribution is 2.32. The van der Waals surface area contributed by atoms with Crippen LogP contribution in [0.5, 0.6) is 0 Å². The van der Waals surface area contributed by atoms with E-state index in [1.807, 2.05) is 0 Å². The molecule has 0 radical (unpaired) electrons. The largest absolute Gasteiger partial charge is 0.301 e. The molecule has 19 heavy (non-hydrogen) atoms. The molecule has 1 aliphatic carbocycles. The molecule has 0 aromatic carbocycles. The topological polar surface area (TPSA) is 23.6 Å². The Labute approximate surface area is 118 Å². The van der Waals surface area contributed by atoms with Crippen molar-refractivity contribution in [3.8, 4) is 0 Å². The first-order chi connectivity index (χ1) is 8.97. The second kappa shape index (κ2) is 6.36. The van der Waals surface area contributed by atoms with Crippen LogP contribution in [0.4, 0.5) is 0 Å². The molecule has 1 aliphatic heterocycles. The van der Waals surface area contributed by atoms with Gasteiger partial charge in [0, 0.05) is 44.6 Å². The van der Waals surface area contributed by atoms with Crippen LogP contribution in [0, 0.1) is 17.8 Å². The van der Waals surface area contributed by atoms with Crippen molar-refractivity contribution in [2.45, 2.75) is 46.1 Å². The number of hydrogen-bond acceptors (Lipinski definition) is 3. The fourth-order valence-corrected chi connectivity index (χ4v) is 3.53. The summed E-state index contributed by atoms with van der Waals surface area (Å²) in [5.41, 5.74) is 0. The van der Waals surface area contributed by atoms with Crippen LogP contribution in [0.1, 0.15) is 40.0 Å². The van der Waals surface area contributed by atoms with Crippen LogP contribution in [0.15, 0.2) is 0 Å². The van der Waals surface area contributed by atoms with Gasteiger partial charge in [0.2, 0.25) is 0 Å². The summed E-state index contributed by atoms with van der Waals surface area (Å²) in [5, 5.41) is 0. The SMILES string of the molecule is CC(C)C1CCC(=O)C(CN2CCN(C)C(C)C2)C1. The van der Waals surface area contributed by atoms with Gasteiger partial charge < -0.3 is 4.90 Å². The van der Waals surface area contributed by atoms with Gasteiger partial charge in [-0.25, -0.2) is 0 Å². The molecule has 1 heterocycles. The van der Waals surface area contributed by atoms with E-state index in [2.05, 4.69) is 37.6 Å². The lowest BCUT2D eigenvalue weighted by atomic mass is 9.75. The normalized spacial score (nSPS) is 35.0. The van der Waals surface area contributed by atoms with E-state index in [4.69, 9.17) is 0 Å². The predicted molar refractivity (Wildman–Crippen MR) is 79.2 cm³/mol. The number of Topliss-reactive ketones (excluding diaryl/α,β-unsaturated/α-hetero) is 1. The van der Waals surface area contributed by atoms with E-state index in [9.17, 15) is 4.79 Å². The predicted octanol–water partition coefficient (Wildman–Crippen LogP) is 2.26. The van der Waals surface area contributed by atoms with Gasteiger partial charge in [0.1, 0.15) is 5.78 Å². The highest BCUT2D eigenvalue weighted by molar-refractivity contribution is 5.82. The summed E-state index contributed by atoms with van der Waals surface area (Å²) >= 11 is 0. The molecule has 3 nitrogen and oxygen atoms in total. The third-order valence-electron chi connectivity index (χ3n) is 5.27. The molecule has 0 aromatic heterocycles. The summed E-state index contributed by atoms with van der Waals surface area (Å²) in [6.45, 7) is 11.3. The van der Waals surface area contributed by atoms with Gasteiger partial charge in [-0.15, -0.1) is 0 Å². The Morgan fingerprint density at radius 3 is 2.68 bits per heavy atom. The second-order valence-corrected chi connectivity index (χ2v) is 7.03. The summed E-state index contributed by atoms with van der Waals surface area (Å²) in [6.07, 6.45) is 3.06. The zero-order valence-corrected chi connectivity index (χ0v) is 13.1. The maximum absolute atomic E-state index is 12.1. The molecule has 0 amide bonds. The van der Waals surface area contributed by atoms with Crippen molar-refractivity contribution in [1.82, 2.24) is 9.80 Å². The van der Waals surface area contributed by atoms with Crippen LogP contribution < -0.4 is 0 Å². The maximum Gasteiger partial charge on any atom is 0.137 e. The van der Waals surface area contributed by atoms with Crippen molar-refractivity contribution in [3.05, 3.63) is 0 Å². The van der Waals surface area contributed by atoms with Crippen molar-refractivity contribution in [2.24, 2.45) is 17.8 Å². The van der Waals surface area contributed by atoms with E-state index in [0.29, 0.717) is 17.7 Å². The van der Waals surface area contributed by atoms with Crippen molar-refractivity contribution in [3.63, 3.8) is 0 Å². The van der Waals surface area contributed by atoms with Crippen LogP contribution in [0.2, 0.25) is 0 Å². The molecule has 0 aromatic rings. The van der Waals surface area contributed by atoms with Gasteiger partial charge in [-0.1, -0.05) is 13.8 Å². The summed E-state index contributed by atoms with van der Waals surface area (Å²) in [4.78, 5) is 17.1. The molecule has 3 atom stereocenters. The molecule has 0 bridgehead atoms. The lowest BCUT2D eigenvalue weighted by Gasteiger charge is -2.40. The van der Waals surface area contributed by atoms with E-state index in [1.165, 1.54) is 0 Å². The molecule has 1 saturated carbocycles. The lowest BCUT2D eigenvalue weighted by Crippen LogP contribution is -2.52. The average Bonchev–Trinajstić information content (AvgIpc) is 2.36. The number of hydrogen-bond donors (Lipinski definition) is 0. The highest BCUT2D eigenvalue weighted by atomic mass is 16.1. The Balaban J connectivity index is 1.88. The van der Waals surface area contributed by atoms with Crippen LogP contribution in [0.3, 0.4) is 0 Å². The maximum atomic E-state index is 12.1. The smallest absolute Gasteiger partial charge is 0.137 e. The van der Waals surface area contributed by atoms with Crippen molar-refractivity contribution in [2.75, 3.05) is 33.2 Å². The first-order valence-corrected chi connectivity index (χ1v) is 7.92. The van der Waals surface area contributed by atoms with Gasteiger partial charge in [0.15, 0.2) is 0 Å². The summed E-state index contributed by atoms with van der Waals surface area (Å²) < 4.78 is 0. The summed E-state index contributed by atoms with van der Waals surface area (Å²) in [6, 6.07) is 0.619. The monoisotopic (exact) mass is 266 g/mol. The molecule has 2 fully saturated rings. The first-order valence-electron chi connectivity index (χ1n) is 7.92. The van der Waals surface area contributed by atoms with Crippen LogP contribution in [0.25, 0.3) is 0 Å². The van der Waals surface area contributed by atoms with E-state index in [-0.39, 0.29) is 0 Å². The molecular weight excluding hydrogens is 236 g/mol. The van der Waals surface area contributed by atoms with Gasteiger partial charge in [-0.05, 0) is 38.6 Å². The lowest BCUT2D eigenvalue weighted by molar-refractivity contribution is -0.127. The first kappa shape index (κ1) is 15.0. The minimum absolute atomic E-state index is 0.303. The molecule has 3 unspecified atom stereocenters. The fraction of sp³-hybridized carbons (Fsp3) is 0.938. The van der Waals surface area contributed by atoms with Crippen LogP contribution >= 0.6 is 0 Å². The molecule has 1 saturated heterocycles. The number of likely N-dealkylation sites (N-methyl/N-ethyl adjacent to an activating group) is 1. The molecule has 2 rings (SSSR count). The van der Waals surface area contributed by atoms with Gasteiger partial charge >= 0.3 is 0 Å². The van der Waals surface area contributed by atoms with Crippen molar-refractivity contribution >= 4 is 5.78 Å². The van der Waals surface area contributed by atoms with Crippen molar-refractivity contribution in [1.29, 1.82) is 0 Å². The van der Waals surface area contributed by atoms with E-state index in [1.54, 1.807) is 0 Å². The number of piperazine rings is 1. The Morgan fingerprint density at radius 2 is 2.05 bits per heavy atom. The van der Waals surface area contributed by atoms with Gasteiger partial charge in [0.05, 0.1) is 0 Å². The summed E-state index contributed by atoms with van der Waals surface area (Å²) in [5.74, 6) is 2.30. The second-order valence-electron chi connectivity index (χ2n) is 7.03. The van der Waals surface area contributed by atoms with Gasteiger partial charge in [0.25, 0.3) is 0 Å². The number of ketones is 1. The van der Waals surface area contributed by atoms with Crippen LogP contribution in [-0.4, -0.2) is 54.9 Å². The Morgan fingerprint density at radius 1 is 1.32 bits per heavy atom. The number of rotatable bonds is 3. The Bertz CT molecular complexity index is 316. The minimum Gasteiger partial charge on any atom is -0.301 e. The highest BCUT2D eigenvalue weighted by Gasteiger charge is 2.32. The van der Waals surface area contributed by atoms with Crippen molar-refractivity contribution < 1.29 is 4.79 Å². The quantitative estimate of drug-likeness (QED) is 0.783. The third-order valence-corrected chi connectivity index (χ3v) is 5.27. The summed E-state index contributed by atoms with van der Waals surface area (Å²) in [7, 11) is 2.20. The Kier molecular flexibility index (Phi) is 5.02. The molecule has 3 heteroatoms. The van der Waals surface area contributed by atoms with E-state index >= 15 is 0 Å². The molecular formula is C16H30N2O. The Hall–Kier alpha value is -0.410. The molecule has 110 valence electrons. The molecule has 0 spiro atoms. The standard InChI is InChI=1S/C16H30N2O/c1-12(2)14-5-6-16(19)15(9-14)11-18-8-7-17(4)13(3)10-18/h12-15H,5-11H2,1-4H3. The number of carbonyl (C=O) groups excluding carboxylic acids is 1.